The molecule has 0 spiro atoms. The van der Waals surface area contributed by atoms with Gasteiger partial charge < -0.3 is 15.4 Å². The Kier molecular flexibility index (Phi) is 4.68. The number of thiocarbonyl (C=S) groups is 1. The number of carbonyl (C=O) groups excluding carboxylic acids is 2. The predicted molar refractivity (Wildman–Crippen MR) is 91.9 cm³/mol. The first kappa shape index (κ1) is 16.7. The second-order valence-electron chi connectivity index (χ2n) is 6.02. The highest BCUT2D eigenvalue weighted by Gasteiger charge is 2.49. The van der Waals surface area contributed by atoms with E-state index in [0.29, 0.717) is 12.1 Å². The van der Waals surface area contributed by atoms with E-state index >= 15 is 0 Å². The van der Waals surface area contributed by atoms with Gasteiger partial charge >= 0.3 is 6.03 Å². The van der Waals surface area contributed by atoms with Crippen molar-refractivity contribution in [3.8, 4) is 0 Å². The Morgan fingerprint density at radius 1 is 1.42 bits per heavy atom. The summed E-state index contributed by atoms with van der Waals surface area (Å²) >= 11 is 5.17. The van der Waals surface area contributed by atoms with Crippen molar-refractivity contribution in [3.63, 3.8) is 0 Å². The Balaban J connectivity index is 1.63. The number of hydrogen-bond donors (Lipinski definition) is 3. The molecule has 2 fully saturated rings. The Morgan fingerprint density at radius 3 is 2.83 bits per heavy atom. The van der Waals surface area contributed by atoms with Crippen LogP contribution in [0.4, 0.5) is 4.79 Å². The monoisotopic (exact) mass is 348 g/mol. The van der Waals surface area contributed by atoms with Gasteiger partial charge in [-0.3, -0.25) is 10.2 Å². The largest absolute Gasteiger partial charge is 0.376 e. The van der Waals surface area contributed by atoms with Gasteiger partial charge in [0, 0.05) is 13.2 Å². The Morgan fingerprint density at radius 2 is 2.17 bits per heavy atom. The molecular formula is C16H20N4O3S. The van der Waals surface area contributed by atoms with Crippen LogP contribution in [0.2, 0.25) is 0 Å². The number of hydrogen-bond acceptors (Lipinski definition) is 4. The summed E-state index contributed by atoms with van der Waals surface area (Å²) in [7, 11) is 0. The zero-order chi connectivity index (χ0) is 17.2. The molecule has 0 unspecified atom stereocenters. The number of carbonyl (C=O) groups is 2. The SMILES string of the molecule is C[C@]1(c2ccccc2)NC(=O)N(NC(=S)NC[C@@H]2CCCO2)C1=O. The molecule has 1 aromatic carbocycles. The number of benzene rings is 1. The fourth-order valence-electron chi connectivity index (χ4n) is 2.86. The van der Waals surface area contributed by atoms with E-state index in [0.717, 1.165) is 24.5 Å². The summed E-state index contributed by atoms with van der Waals surface area (Å²) in [6.07, 6.45) is 2.13. The molecule has 3 N–H and O–H groups in total. The summed E-state index contributed by atoms with van der Waals surface area (Å²) in [5.41, 5.74) is 2.26. The smallest absolute Gasteiger partial charge is 0.344 e. The molecular weight excluding hydrogens is 328 g/mol. The maximum Gasteiger partial charge on any atom is 0.344 e. The predicted octanol–water partition coefficient (Wildman–Crippen LogP) is 1.01. The second-order valence-corrected chi connectivity index (χ2v) is 6.43. The Bertz CT molecular complexity index is 648. The summed E-state index contributed by atoms with van der Waals surface area (Å²) in [6, 6.07) is 8.57. The van der Waals surface area contributed by atoms with Gasteiger partial charge in [0.2, 0.25) is 0 Å². The van der Waals surface area contributed by atoms with Crippen LogP contribution in [-0.2, 0) is 15.1 Å². The van der Waals surface area contributed by atoms with Gasteiger partial charge in [0.05, 0.1) is 6.10 Å². The normalized spacial score (nSPS) is 26.4. The maximum atomic E-state index is 12.7. The van der Waals surface area contributed by atoms with Crippen LogP contribution < -0.4 is 16.1 Å². The highest BCUT2D eigenvalue weighted by Crippen LogP contribution is 2.27. The zero-order valence-corrected chi connectivity index (χ0v) is 14.2. The van der Waals surface area contributed by atoms with E-state index in [4.69, 9.17) is 17.0 Å². The lowest BCUT2D eigenvalue weighted by molar-refractivity contribution is -0.132. The third-order valence-corrected chi connectivity index (χ3v) is 4.51. The number of nitrogens with one attached hydrogen (secondary N) is 3. The van der Waals surface area contributed by atoms with Gasteiger partial charge in [0.25, 0.3) is 5.91 Å². The van der Waals surface area contributed by atoms with E-state index in [-0.39, 0.29) is 11.2 Å². The van der Waals surface area contributed by atoms with Gasteiger partial charge in [-0.05, 0) is 37.5 Å². The summed E-state index contributed by atoms with van der Waals surface area (Å²) < 4.78 is 5.50. The Hall–Kier alpha value is -2.19. The van der Waals surface area contributed by atoms with Crippen molar-refractivity contribution < 1.29 is 14.3 Å². The lowest BCUT2D eigenvalue weighted by Crippen LogP contribution is -2.52. The third-order valence-electron chi connectivity index (χ3n) is 4.27. The van der Waals surface area contributed by atoms with Crippen molar-refractivity contribution >= 4 is 29.3 Å². The average molecular weight is 348 g/mol. The molecule has 2 aliphatic heterocycles. The number of imide groups is 1. The molecule has 0 aromatic heterocycles. The molecule has 1 aromatic rings. The van der Waals surface area contributed by atoms with Crippen LogP contribution >= 0.6 is 12.2 Å². The van der Waals surface area contributed by atoms with Crippen molar-refractivity contribution in [1.29, 1.82) is 0 Å². The fraction of sp³-hybridized carbons (Fsp3) is 0.438. The first-order chi connectivity index (χ1) is 11.5. The van der Waals surface area contributed by atoms with Crippen LogP contribution in [0.25, 0.3) is 0 Å². The number of amides is 3. The van der Waals surface area contributed by atoms with Crippen molar-refractivity contribution in [2.45, 2.75) is 31.4 Å². The molecule has 2 saturated heterocycles. The summed E-state index contributed by atoms with van der Waals surface area (Å²) in [5, 5.41) is 6.82. The van der Waals surface area contributed by atoms with Gasteiger partial charge in [0.1, 0.15) is 5.54 Å². The van der Waals surface area contributed by atoms with Crippen molar-refractivity contribution in [2.24, 2.45) is 0 Å². The molecule has 8 heteroatoms. The minimum Gasteiger partial charge on any atom is -0.376 e. The molecule has 0 bridgehead atoms. The summed E-state index contributed by atoms with van der Waals surface area (Å²) in [5.74, 6) is -0.403. The van der Waals surface area contributed by atoms with E-state index < -0.39 is 17.5 Å². The maximum absolute atomic E-state index is 12.7. The molecule has 2 atom stereocenters. The van der Waals surface area contributed by atoms with E-state index in [1.807, 2.05) is 18.2 Å². The van der Waals surface area contributed by atoms with Crippen molar-refractivity contribution in [3.05, 3.63) is 35.9 Å². The highest BCUT2D eigenvalue weighted by atomic mass is 32.1. The Labute approximate surface area is 145 Å². The molecule has 3 amide bonds. The van der Waals surface area contributed by atoms with Crippen molar-refractivity contribution in [1.82, 2.24) is 21.1 Å². The highest BCUT2D eigenvalue weighted by molar-refractivity contribution is 7.80. The lowest BCUT2D eigenvalue weighted by atomic mass is 9.92. The molecule has 0 aliphatic carbocycles. The minimum atomic E-state index is -1.12. The van der Waals surface area contributed by atoms with Crippen molar-refractivity contribution in [2.75, 3.05) is 13.2 Å². The molecule has 3 rings (SSSR count). The first-order valence-corrected chi connectivity index (χ1v) is 8.30. The van der Waals surface area contributed by atoms with Crippen LogP contribution in [0, 0.1) is 0 Å². The molecule has 0 saturated carbocycles. The summed E-state index contributed by atoms with van der Waals surface area (Å²) in [4.78, 5) is 24.9. The van der Waals surface area contributed by atoms with Crippen LogP contribution in [-0.4, -0.2) is 41.3 Å². The van der Waals surface area contributed by atoms with Gasteiger partial charge in [-0.15, -0.1) is 0 Å². The average Bonchev–Trinajstić information content (AvgIpc) is 3.17. The van der Waals surface area contributed by atoms with Crippen LogP contribution in [0.5, 0.6) is 0 Å². The topological polar surface area (TPSA) is 82.7 Å². The molecule has 0 radical (unpaired) electrons. The van der Waals surface area contributed by atoms with Crippen LogP contribution in [0.15, 0.2) is 30.3 Å². The molecule has 24 heavy (non-hydrogen) atoms. The van der Waals surface area contributed by atoms with Gasteiger partial charge in [0.15, 0.2) is 5.11 Å². The van der Waals surface area contributed by atoms with E-state index in [2.05, 4.69) is 16.1 Å². The fourth-order valence-corrected chi connectivity index (χ4v) is 3.04. The second kappa shape index (κ2) is 6.74. The number of hydrazine groups is 1. The van der Waals surface area contributed by atoms with E-state index in [9.17, 15) is 9.59 Å². The number of nitrogens with zero attached hydrogens (tertiary/aromatic N) is 1. The number of rotatable bonds is 4. The summed E-state index contributed by atoms with van der Waals surface area (Å²) in [6.45, 7) is 2.98. The number of ether oxygens (including phenoxy) is 1. The molecule has 2 aliphatic rings. The van der Waals surface area contributed by atoms with E-state index in [1.54, 1.807) is 19.1 Å². The minimum absolute atomic E-state index is 0.113. The van der Waals surface area contributed by atoms with E-state index in [1.165, 1.54) is 0 Å². The van der Waals surface area contributed by atoms with Crippen LogP contribution in [0.1, 0.15) is 25.3 Å². The first-order valence-electron chi connectivity index (χ1n) is 7.89. The number of urea groups is 1. The van der Waals surface area contributed by atoms with Gasteiger partial charge in [-0.25, -0.2) is 4.79 Å². The molecule has 7 nitrogen and oxygen atoms in total. The quantitative estimate of drug-likeness (QED) is 0.557. The molecule has 2 heterocycles. The van der Waals surface area contributed by atoms with Gasteiger partial charge in [-0.1, -0.05) is 30.3 Å². The standard InChI is InChI=1S/C16H20N4O3S/c1-16(11-6-3-2-4-7-11)13(21)20(15(22)18-16)19-14(24)17-10-12-8-5-9-23-12/h2-4,6-7,12H,5,8-10H2,1H3,(H,18,22)(H2,17,19,24)/t12-,16+/m0/s1. The van der Waals surface area contributed by atoms with Crippen LogP contribution in [0.3, 0.4) is 0 Å². The lowest BCUT2D eigenvalue weighted by Gasteiger charge is -2.22. The third kappa shape index (κ3) is 3.20. The zero-order valence-electron chi connectivity index (χ0n) is 13.4. The molecule has 128 valence electrons. The van der Waals surface area contributed by atoms with Gasteiger partial charge in [-0.2, -0.15) is 5.01 Å².